The lowest BCUT2D eigenvalue weighted by molar-refractivity contribution is 1.19. The van der Waals surface area contributed by atoms with Gasteiger partial charge in [0.05, 0.1) is 11.0 Å². The van der Waals surface area contributed by atoms with Gasteiger partial charge in [-0.15, -0.1) is 22.7 Å². The third-order valence-corrected chi connectivity index (χ3v) is 11.2. The zero-order chi connectivity index (χ0) is 29.4. The third-order valence-electron chi connectivity index (χ3n) is 8.92. The van der Waals surface area contributed by atoms with Gasteiger partial charge in [0.1, 0.15) is 0 Å². The normalized spacial score (nSPS) is 12.4. The van der Waals surface area contributed by atoms with Crippen LogP contribution in [0.3, 0.4) is 0 Å². The molecular formula is C41H27NS2. The number of fused-ring (bicyclic) bond motifs is 7. The molecule has 0 amide bonds. The Bertz CT molecular complexity index is 2690. The molecule has 6 aromatic carbocycles. The van der Waals surface area contributed by atoms with Gasteiger partial charge in [0.15, 0.2) is 0 Å². The molecule has 44 heavy (non-hydrogen) atoms. The van der Waals surface area contributed by atoms with Crippen molar-refractivity contribution in [3.63, 3.8) is 0 Å². The summed E-state index contributed by atoms with van der Waals surface area (Å²) >= 11 is 3.66. The summed E-state index contributed by atoms with van der Waals surface area (Å²) in [5.74, 6) is 0. The Hall–Kier alpha value is -4.96. The first kappa shape index (κ1) is 25.5. The quantitative estimate of drug-likeness (QED) is 0.191. The number of hydrogen-bond acceptors (Lipinski definition) is 2. The zero-order valence-electron chi connectivity index (χ0n) is 24.2. The summed E-state index contributed by atoms with van der Waals surface area (Å²) in [4.78, 5) is 0. The molecule has 3 heteroatoms. The van der Waals surface area contributed by atoms with Gasteiger partial charge < -0.3 is 4.57 Å². The van der Waals surface area contributed by atoms with Crippen LogP contribution in [0.25, 0.3) is 92.7 Å². The summed E-state index contributed by atoms with van der Waals surface area (Å²) in [7, 11) is 0. The molecule has 3 heterocycles. The van der Waals surface area contributed by atoms with Crippen LogP contribution in [-0.4, -0.2) is 4.57 Å². The second kappa shape index (κ2) is 9.78. The lowest BCUT2D eigenvalue weighted by Gasteiger charge is -2.10. The molecule has 208 valence electrons. The summed E-state index contributed by atoms with van der Waals surface area (Å²) in [6, 6.07) is 46.9. The van der Waals surface area contributed by atoms with E-state index in [4.69, 9.17) is 0 Å². The van der Waals surface area contributed by atoms with Crippen molar-refractivity contribution in [2.75, 3.05) is 0 Å². The van der Waals surface area contributed by atoms with Crippen LogP contribution in [0.2, 0.25) is 0 Å². The van der Waals surface area contributed by atoms with Crippen molar-refractivity contribution >= 4 is 87.4 Å². The van der Waals surface area contributed by atoms with Crippen LogP contribution in [0.15, 0.2) is 127 Å². The maximum absolute atomic E-state index is 4.35. The number of hydrogen-bond donors (Lipinski definition) is 0. The Morgan fingerprint density at radius 3 is 2.07 bits per heavy atom. The van der Waals surface area contributed by atoms with Crippen molar-refractivity contribution in [2.24, 2.45) is 0 Å². The van der Waals surface area contributed by atoms with Crippen LogP contribution in [0.5, 0.6) is 0 Å². The highest BCUT2D eigenvalue weighted by atomic mass is 32.1. The SMILES string of the molecule is C=c1sc2c(-c3ccc4c(c3)c3cc(-c5ccccc5)ccc3n4-c3ccc4sc5ccccc5c4c3)cccc2c1=CC. The van der Waals surface area contributed by atoms with E-state index < -0.39 is 0 Å². The van der Waals surface area contributed by atoms with E-state index in [1.807, 2.05) is 11.3 Å². The molecule has 0 aliphatic rings. The molecule has 1 nitrogen and oxygen atoms in total. The molecule has 0 aliphatic carbocycles. The largest absolute Gasteiger partial charge is 0.309 e. The monoisotopic (exact) mass is 597 g/mol. The highest BCUT2D eigenvalue weighted by Crippen LogP contribution is 2.40. The minimum Gasteiger partial charge on any atom is -0.309 e. The van der Waals surface area contributed by atoms with Gasteiger partial charge in [0.25, 0.3) is 0 Å². The van der Waals surface area contributed by atoms with E-state index in [1.54, 1.807) is 11.3 Å². The topological polar surface area (TPSA) is 4.93 Å². The minimum absolute atomic E-state index is 1.12. The molecule has 3 aromatic heterocycles. The molecule has 9 aromatic rings. The predicted molar refractivity (Wildman–Crippen MR) is 195 cm³/mol. The van der Waals surface area contributed by atoms with Crippen LogP contribution in [0.4, 0.5) is 0 Å². The van der Waals surface area contributed by atoms with Gasteiger partial charge in [-0.05, 0) is 82.9 Å². The van der Waals surface area contributed by atoms with E-state index in [-0.39, 0.29) is 0 Å². The van der Waals surface area contributed by atoms with Gasteiger partial charge >= 0.3 is 0 Å². The van der Waals surface area contributed by atoms with Gasteiger partial charge in [-0.3, -0.25) is 0 Å². The van der Waals surface area contributed by atoms with Crippen molar-refractivity contribution < 1.29 is 0 Å². The van der Waals surface area contributed by atoms with Crippen molar-refractivity contribution in [3.8, 4) is 27.9 Å². The van der Waals surface area contributed by atoms with E-state index in [9.17, 15) is 0 Å². The predicted octanol–water partition coefficient (Wildman–Crippen LogP) is 10.9. The summed E-state index contributed by atoms with van der Waals surface area (Å²) in [6.07, 6.45) is 2.18. The highest BCUT2D eigenvalue weighted by Gasteiger charge is 2.17. The lowest BCUT2D eigenvalue weighted by atomic mass is 9.99. The lowest BCUT2D eigenvalue weighted by Crippen LogP contribution is -2.15. The average molecular weight is 598 g/mol. The van der Waals surface area contributed by atoms with Crippen LogP contribution in [0.1, 0.15) is 6.92 Å². The molecule has 9 rings (SSSR count). The molecule has 0 spiro atoms. The summed E-state index contributed by atoms with van der Waals surface area (Å²) in [5, 5.41) is 7.68. The summed E-state index contributed by atoms with van der Waals surface area (Å²) < 4.78 is 7.52. The molecular weight excluding hydrogens is 571 g/mol. The molecule has 0 fully saturated rings. The molecule has 0 atom stereocenters. The number of nitrogens with zero attached hydrogens (tertiary/aromatic N) is 1. The van der Waals surface area contributed by atoms with Crippen LogP contribution in [0, 0.1) is 0 Å². The van der Waals surface area contributed by atoms with E-state index in [0.29, 0.717) is 0 Å². The number of thiophene rings is 2. The Morgan fingerprint density at radius 1 is 0.545 bits per heavy atom. The maximum Gasteiger partial charge on any atom is 0.0541 e. The van der Waals surface area contributed by atoms with Gasteiger partial charge in [0, 0.05) is 51.3 Å². The number of rotatable bonds is 3. The van der Waals surface area contributed by atoms with Crippen LogP contribution >= 0.6 is 22.7 Å². The Balaban J connectivity index is 1.34. The van der Waals surface area contributed by atoms with Crippen LogP contribution in [-0.2, 0) is 0 Å². The van der Waals surface area contributed by atoms with Gasteiger partial charge in [0.2, 0.25) is 0 Å². The molecule has 0 saturated heterocycles. The van der Waals surface area contributed by atoms with Crippen molar-refractivity contribution in [3.05, 3.63) is 137 Å². The van der Waals surface area contributed by atoms with Crippen LogP contribution < -0.4 is 9.75 Å². The fourth-order valence-corrected chi connectivity index (χ4v) is 9.12. The highest BCUT2D eigenvalue weighted by molar-refractivity contribution is 7.25. The first-order chi connectivity index (χ1) is 21.7. The minimum atomic E-state index is 1.12. The van der Waals surface area contributed by atoms with E-state index in [1.165, 1.54) is 85.2 Å². The Morgan fingerprint density at radius 2 is 1.25 bits per heavy atom. The average Bonchev–Trinajstić information content (AvgIpc) is 3.72. The standard InChI is InChI=1S/C41H27NS2/c1-3-30-25(2)43-41-31(13-9-14-33(30)41)28-17-20-38-35(23-28)34-22-27(26-10-5-4-6-11-26)16-19-37(34)42(38)29-18-21-40-36(24-29)32-12-7-8-15-39(32)44-40/h3-24H,2H2,1H3. The summed E-state index contributed by atoms with van der Waals surface area (Å²) in [5.41, 5.74) is 8.57. The molecule has 0 unspecified atom stereocenters. The Labute approximate surface area is 262 Å². The Kier molecular flexibility index (Phi) is 5.68. The second-order valence-electron chi connectivity index (χ2n) is 11.4. The smallest absolute Gasteiger partial charge is 0.0541 e. The first-order valence-electron chi connectivity index (χ1n) is 14.9. The fourth-order valence-electron chi connectivity index (χ4n) is 6.86. The zero-order valence-corrected chi connectivity index (χ0v) is 25.8. The van der Waals surface area contributed by atoms with Crippen molar-refractivity contribution in [2.45, 2.75) is 6.92 Å². The van der Waals surface area contributed by atoms with Gasteiger partial charge in [-0.25, -0.2) is 0 Å². The number of benzene rings is 6. The van der Waals surface area contributed by atoms with Crippen molar-refractivity contribution in [1.29, 1.82) is 0 Å². The third kappa shape index (κ3) is 3.77. The fraction of sp³-hybridized carbons (Fsp3) is 0.0244. The molecule has 0 aliphatic heterocycles. The second-order valence-corrected chi connectivity index (χ2v) is 13.5. The molecule has 0 saturated carbocycles. The summed E-state index contributed by atoms with van der Waals surface area (Å²) in [6.45, 7) is 6.45. The van der Waals surface area contributed by atoms with Crippen molar-refractivity contribution in [1.82, 2.24) is 4.57 Å². The van der Waals surface area contributed by atoms with E-state index in [2.05, 4.69) is 152 Å². The maximum atomic E-state index is 4.35. The molecule has 0 bridgehead atoms. The number of aromatic nitrogens is 1. The molecule has 0 radical (unpaired) electrons. The first-order valence-corrected chi connectivity index (χ1v) is 16.5. The van der Waals surface area contributed by atoms with Gasteiger partial charge in [-0.2, -0.15) is 0 Å². The molecule has 0 N–H and O–H groups in total. The van der Waals surface area contributed by atoms with E-state index in [0.717, 1.165) is 4.53 Å². The van der Waals surface area contributed by atoms with Gasteiger partial charge in [-0.1, -0.05) is 91.5 Å². The van der Waals surface area contributed by atoms with E-state index >= 15 is 0 Å².